The van der Waals surface area contributed by atoms with Crippen LogP contribution in [0.25, 0.3) is 0 Å². The van der Waals surface area contributed by atoms with Crippen LogP contribution in [0.1, 0.15) is 10.4 Å². The second-order valence-electron chi connectivity index (χ2n) is 4.68. The van der Waals surface area contributed by atoms with Crippen molar-refractivity contribution in [2.24, 2.45) is 0 Å². The molecule has 0 radical (unpaired) electrons. The molecule has 8 heteroatoms. The lowest BCUT2D eigenvalue weighted by Crippen LogP contribution is -2.36. The average molecular weight is 342 g/mol. The molecule has 0 saturated carbocycles. The molecule has 0 spiro atoms. The lowest BCUT2D eigenvalue weighted by atomic mass is 10.2. The molecule has 1 heterocycles. The van der Waals surface area contributed by atoms with E-state index in [9.17, 15) is 22.8 Å². The van der Waals surface area contributed by atoms with Gasteiger partial charge in [-0.1, -0.05) is 18.2 Å². The van der Waals surface area contributed by atoms with Gasteiger partial charge in [-0.25, -0.2) is 0 Å². The molecule has 0 aliphatic rings. The van der Waals surface area contributed by atoms with Gasteiger partial charge < -0.3 is 10.6 Å². The van der Waals surface area contributed by atoms with E-state index in [0.717, 1.165) is 4.88 Å². The molecule has 1 aromatic heterocycles. The van der Waals surface area contributed by atoms with E-state index < -0.39 is 12.1 Å². The van der Waals surface area contributed by atoms with Crippen LogP contribution in [0, 0.1) is 0 Å². The Bertz CT molecular complexity index is 667. The van der Waals surface area contributed by atoms with Crippen LogP contribution < -0.4 is 10.6 Å². The summed E-state index contributed by atoms with van der Waals surface area (Å²) in [6.07, 6.45) is -4.63. The molecule has 4 nitrogen and oxygen atoms in total. The largest absolute Gasteiger partial charge is 0.471 e. The van der Waals surface area contributed by atoms with Crippen molar-refractivity contribution in [1.29, 1.82) is 0 Å². The third-order valence-corrected chi connectivity index (χ3v) is 3.74. The van der Waals surface area contributed by atoms with E-state index in [1.807, 2.05) is 17.5 Å². The minimum atomic E-state index is -4.89. The van der Waals surface area contributed by atoms with Gasteiger partial charge in [-0.15, -0.1) is 11.3 Å². The van der Waals surface area contributed by atoms with Gasteiger partial charge in [0.1, 0.15) is 0 Å². The lowest BCUT2D eigenvalue weighted by Gasteiger charge is -2.09. The van der Waals surface area contributed by atoms with Gasteiger partial charge in [0, 0.05) is 17.1 Å². The summed E-state index contributed by atoms with van der Waals surface area (Å²) < 4.78 is 36.2. The van der Waals surface area contributed by atoms with Gasteiger partial charge in [0.15, 0.2) is 0 Å². The van der Waals surface area contributed by atoms with Crippen LogP contribution >= 0.6 is 11.3 Å². The van der Waals surface area contributed by atoms with Crippen molar-refractivity contribution in [2.45, 2.75) is 19.1 Å². The van der Waals surface area contributed by atoms with Crippen molar-refractivity contribution in [3.8, 4) is 0 Å². The Balaban J connectivity index is 1.84. The quantitative estimate of drug-likeness (QED) is 0.877. The number of hydrogen-bond acceptors (Lipinski definition) is 3. The predicted octanol–water partition coefficient (Wildman–Crippen LogP) is 3.11. The van der Waals surface area contributed by atoms with Crippen LogP contribution in [-0.4, -0.2) is 18.0 Å². The van der Waals surface area contributed by atoms with E-state index >= 15 is 0 Å². The molecule has 0 aliphatic heterocycles. The fraction of sp³-hybridized carbons (Fsp3) is 0.200. The standard InChI is InChI=1S/C15H13F3N2O2S/c16-15(17,18)14(22)19-9-10-3-5-11(6-4-10)20-13(21)8-12-2-1-7-23-12/h1-7H,8-9H2,(H,19,22)(H,20,21). The SMILES string of the molecule is O=C(Cc1cccs1)Nc1ccc(CNC(=O)C(F)(F)F)cc1. The molecular weight excluding hydrogens is 329 g/mol. The molecule has 0 aliphatic carbocycles. The van der Waals surface area contributed by atoms with Gasteiger partial charge in [0.05, 0.1) is 6.42 Å². The van der Waals surface area contributed by atoms with Crippen LogP contribution in [0.15, 0.2) is 41.8 Å². The molecule has 23 heavy (non-hydrogen) atoms. The number of benzene rings is 1. The zero-order valence-corrected chi connectivity index (χ0v) is 12.6. The molecule has 0 saturated heterocycles. The van der Waals surface area contributed by atoms with Gasteiger partial charge >= 0.3 is 12.1 Å². The summed E-state index contributed by atoms with van der Waals surface area (Å²) in [6, 6.07) is 9.94. The fourth-order valence-corrected chi connectivity index (χ4v) is 2.47. The third kappa shape index (κ3) is 5.41. The number of thiophene rings is 1. The summed E-state index contributed by atoms with van der Waals surface area (Å²) in [4.78, 5) is 23.5. The van der Waals surface area contributed by atoms with Gasteiger partial charge in [-0.3, -0.25) is 9.59 Å². The number of nitrogens with one attached hydrogen (secondary N) is 2. The number of rotatable bonds is 5. The molecule has 0 fully saturated rings. The highest BCUT2D eigenvalue weighted by Crippen LogP contribution is 2.15. The summed E-state index contributed by atoms with van der Waals surface area (Å²) in [7, 11) is 0. The number of carbonyl (C=O) groups excluding carboxylic acids is 2. The minimum absolute atomic E-state index is 0.175. The Morgan fingerprint density at radius 1 is 1.09 bits per heavy atom. The fourth-order valence-electron chi connectivity index (χ4n) is 1.77. The summed E-state index contributed by atoms with van der Waals surface area (Å²) in [6.45, 7) is -0.234. The molecule has 2 N–H and O–H groups in total. The molecule has 0 atom stereocenters. The third-order valence-electron chi connectivity index (χ3n) is 2.86. The maximum absolute atomic E-state index is 12.1. The smallest absolute Gasteiger partial charge is 0.344 e. The van der Waals surface area contributed by atoms with Gasteiger partial charge in [0.2, 0.25) is 5.91 Å². The average Bonchev–Trinajstić information content (AvgIpc) is 2.98. The number of amides is 2. The molecule has 0 bridgehead atoms. The van der Waals surface area contributed by atoms with Crippen molar-refractivity contribution < 1.29 is 22.8 Å². The molecule has 2 rings (SSSR count). The first-order chi connectivity index (χ1) is 10.8. The second kappa shape index (κ2) is 7.28. The van der Waals surface area contributed by atoms with Crippen molar-refractivity contribution in [3.05, 3.63) is 52.2 Å². The van der Waals surface area contributed by atoms with Crippen LogP contribution in [0.3, 0.4) is 0 Å². The van der Waals surface area contributed by atoms with E-state index in [0.29, 0.717) is 11.3 Å². The minimum Gasteiger partial charge on any atom is -0.344 e. The number of alkyl halides is 3. The zero-order chi connectivity index (χ0) is 16.9. The van der Waals surface area contributed by atoms with Gasteiger partial charge in [-0.05, 0) is 29.1 Å². The van der Waals surface area contributed by atoms with Crippen LogP contribution in [0.4, 0.5) is 18.9 Å². The molecule has 2 aromatic rings. The molecule has 2 amide bonds. The summed E-state index contributed by atoms with van der Waals surface area (Å²) >= 11 is 1.48. The highest BCUT2D eigenvalue weighted by Gasteiger charge is 2.38. The van der Waals surface area contributed by atoms with Crippen LogP contribution in [0.5, 0.6) is 0 Å². The Hall–Kier alpha value is -2.35. The Morgan fingerprint density at radius 3 is 2.35 bits per heavy atom. The number of hydrogen-bond donors (Lipinski definition) is 2. The Morgan fingerprint density at radius 2 is 1.78 bits per heavy atom. The monoisotopic (exact) mass is 342 g/mol. The molecule has 1 aromatic carbocycles. The van der Waals surface area contributed by atoms with E-state index in [-0.39, 0.29) is 18.9 Å². The summed E-state index contributed by atoms with van der Waals surface area (Å²) in [5.41, 5.74) is 1.04. The summed E-state index contributed by atoms with van der Waals surface area (Å²) in [5.74, 6) is -2.16. The topological polar surface area (TPSA) is 58.2 Å². The van der Waals surface area contributed by atoms with Gasteiger partial charge in [-0.2, -0.15) is 13.2 Å². The van der Waals surface area contributed by atoms with Crippen molar-refractivity contribution in [3.63, 3.8) is 0 Å². The van der Waals surface area contributed by atoms with Crippen molar-refractivity contribution in [1.82, 2.24) is 5.32 Å². The Labute approximate surface area is 134 Å². The van der Waals surface area contributed by atoms with Gasteiger partial charge in [0.25, 0.3) is 0 Å². The first-order valence-corrected chi connectivity index (χ1v) is 7.49. The maximum Gasteiger partial charge on any atom is 0.471 e. The lowest BCUT2D eigenvalue weighted by molar-refractivity contribution is -0.173. The van der Waals surface area contributed by atoms with E-state index in [1.165, 1.54) is 23.5 Å². The van der Waals surface area contributed by atoms with Crippen molar-refractivity contribution in [2.75, 3.05) is 5.32 Å². The highest BCUT2D eigenvalue weighted by atomic mass is 32.1. The molecule has 0 unspecified atom stereocenters. The number of carbonyl (C=O) groups is 2. The van der Waals surface area contributed by atoms with Crippen LogP contribution in [-0.2, 0) is 22.6 Å². The van der Waals surface area contributed by atoms with E-state index in [2.05, 4.69) is 5.32 Å². The highest BCUT2D eigenvalue weighted by molar-refractivity contribution is 7.10. The number of anilines is 1. The molecule has 122 valence electrons. The molecular formula is C15H13F3N2O2S. The van der Waals surface area contributed by atoms with E-state index in [4.69, 9.17) is 0 Å². The Kier molecular flexibility index (Phi) is 5.38. The first kappa shape index (κ1) is 17.0. The second-order valence-corrected chi connectivity index (χ2v) is 5.71. The van der Waals surface area contributed by atoms with Crippen molar-refractivity contribution >= 4 is 28.8 Å². The van der Waals surface area contributed by atoms with E-state index in [1.54, 1.807) is 17.4 Å². The summed E-state index contributed by atoms with van der Waals surface area (Å²) in [5, 5.41) is 6.36. The first-order valence-electron chi connectivity index (χ1n) is 6.61. The zero-order valence-electron chi connectivity index (χ0n) is 11.8. The normalized spacial score (nSPS) is 11.1. The predicted molar refractivity (Wildman–Crippen MR) is 81.0 cm³/mol. The van der Waals surface area contributed by atoms with Crippen LogP contribution in [0.2, 0.25) is 0 Å². The maximum atomic E-state index is 12.1. The number of halogens is 3.